The van der Waals surface area contributed by atoms with Gasteiger partial charge in [-0.15, -0.1) is 0 Å². The third-order valence-corrected chi connectivity index (χ3v) is 1.73. The third-order valence-electron chi connectivity index (χ3n) is 1.73. The summed E-state index contributed by atoms with van der Waals surface area (Å²) in [5.41, 5.74) is 6.59. The van der Waals surface area contributed by atoms with E-state index < -0.39 is 0 Å². The van der Waals surface area contributed by atoms with Crippen molar-refractivity contribution >= 4 is 0 Å². The fourth-order valence-corrected chi connectivity index (χ4v) is 0.859. The molecule has 0 fully saturated rings. The summed E-state index contributed by atoms with van der Waals surface area (Å²) in [4.78, 5) is 0. The van der Waals surface area contributed by atoms with Crippen molar-refractivity contribution in [3.63, 3.8) is 0 Å². The minimum Gasteiger partial charge on any atom is -0.324 e. The first-order valence-electron chi connectivity index (χ1n) is 3.84. The van der Waals surface area contributed by atoms with E-state index in [1.807, 2.05) is 6.92 Å². The van der Waals surface area contributed by atoms with Crippen LogP contribution in [0.5, 0.6) is 0 Å². The van der Waals surface area contributed by atoms with Crippen LogP contribution in [0.25, 0.3) is 0 Å². The van der Waals surface area contributed by atoms with E-state index >= 15 is 0 Å². The molecule has 1 rings (SSSR count). The minimum absolute atomic E-state index is 0.0235. The quantitative estimate of drug-likeness (QED) is 0.708. The average molecular weight is 164 g/mol. The lowest BCUT2D eigenvalue weighted by atomic mass is 10.2. The largest absolute Gasteiger partial charge is 0.324 e. The Morgan fingerprint density at radius 3 is 2.75 bits per heavy atom. The number of rotatable bonds is 2. The van der Waals surface area contributed by atoms with Crippen LogP contribution >= 0.6 is 0 Å². The zero-order valence-corrected chi connectivity index (χ0v) is 7.23. The van der Waals surface area contributed by atoms with Crippen LogP contribution in [-0.2, 0) is 0 Å². The maximum absolute atomic E-state index is 8.59. The van der Waals surface area contributed by atoms with Crippen molar-refractivity contribution in [2.45, 2.75) is 25.9 Å². The molecule has 2 N–H and O–H groups in total. The molecule has 1 unspecified atom stereocenters. The SMILES string of the molecule is CC(C#N)n1cc([C@H](C)N)cn1. The second kappa shape index (κ2) is 3.37. The van der Waals surface area contributed by atoms with Crippen molar-refractivity contribution in [2.24, 2.45) is 5.73 Å². The van der Waals surface area contributed by atoms with E-state index in [4.69, 9.17) is 11.0 Å². The van der Waals surface area contributed by atoms with Gasteiger partial charge < -0.3 is 5.73 Å². The molecule has 0 aliphatic carbocycles. The Balaban J connectivity index is 2.86. The first kappa shape index (κ1) is 8.75. The van der Waals surface area contributed by atoms with Gasteiger partial charge in [-0.3, -0.25) is 4.68 Å². The molecule has 0 aliphatic rings. The van der Waals surface area contributed by atoms with E-state index in [2.05, 4.69) is 11.2 Å². The topological polar surface area (TPSA) is 67.6 Å². The Labute approximate surface area is 71.6 Å². The number of hydrogen-bond acceptors (Lipinski definition) is 3. The molecule has 1 aromatic heterocycles. The molecular weight excluding hydrogens is 152 g/mol. The van der Waals surface area contributed by atoms with E-state index in [-0.39, 0.29) is 12.1 Å². The van der Waals surface area contributed by atoms with Crippen molar-refractivity contribution in [1.82, 2.24) is 9.78 Å². The van der Waals surface area contributed by atoms with Crippen molar-refractivity contribution < 1.29 is 0 Å². The Morgan fingerprint density at radius 1 is 1.67 bits per heavy atom. The third kappa shape index (κ3) is 1.63. The van der Waals surface area contributed by atoms with Crippen LogP contribution < -0.4 is 5.73 Å². The maximum Gasteiger partial charge on any atom is 0.135 e. The van der Waals surface area contributed by atoms with Crippen molar-refractivity contribution in [3.05, 3.63) is 18.0 Å². The molecule has 0 saturated carbocycles. The second-order valence-corrected chi connectivity index (χ2v) is 2.85. The Bertz CT molecular complexity index is 294. The van der Waals surface area contributed by atoms with E-state index in [0.29, 0.717) is 0 Å². The number of nitrogens with two attached hydrogens (primary N) is 1. The van der Waals surface area contributed by atoms with Gasteiger partial charge in [-0.25, -0.2) is 0 Å². The number of aromatic nitrogens is 2. The summed E-state index contributed by atoms with van der Waals surface area (Å²) < 4.78 is 1.61. The lowest BCUT2D eigenvalue weighted by Gasteiger charge is -2.01. The number of nitrogens with zero attached hydrogens (tertiary/aromatic N) is 3. The Morgan fingerprint density at radius 2 is 2.33 bits per heavy atom. The molecular formula is C8H12N4. The highest BCUT2D eigenvalue weighted by Crippen LogP contribution is 2.10. The van der Waals surface area contributed by atoms with Gasteiger partial charge in [0.1, 0.15) is 6.04 Å². The normalized spacial score (nSPS) is 15.2. The standard InChI is InChI=1S/C8H12N4/c1-6(3-9)12-5-8(4-11-12)7(2)10/h4-7H,10H2,1-2H3/t6?,7-/m0/s1. The summed E-state index contributed by atoms with van der Waals surface area (Å²) in [5, 5.41) is 12.6. The molecule has 0 radical (unpaired) electrons. The molecule has 0 saturated heterocycles. The van der Waals surface area contributed by atoms with Crippen LogP contribution in [0.1, 0.15) is 31.5 Å². The van der Waals surface area contributed by atoms with Gasteiger partial charge >= 0.3 is 0 Å². The summed E-state index contributed by atoms with van der Waals surface area (Å²) in [6.07, 6.45) is 3.50. The van der Waals surface area contributed by atoms with Gasteiger partial charge in [0.2, 0.25) is 0 Å². The van der Waals surface area contributed by atoms with Crippen LogP contribution in [-0.4, -0.2) is 9.78 Å². The van der Waals surface area contributed by atoms with E-state index in [9.17, 15) is 0 Å². The summed E-state index contributed by atoms with van der Waals surface area (Å²) in [7, 11) is 0. The van der Waals surface area contributed by atoms with Crippen LogP contribution in [0.4, 0.5) is 0 Å². The molecule has 64 valence electrons. The van der Waals surface area contributed by atoms with Crippen LogP contribution in [0.3, 0.4) is 0 Å². The van der Waals surface area contributed by atoms with Gasteiger partial charge in [-0.05, 0) is 13.8 Å². The van der Waals surface area contributed by atoms with Crippen molar-refractivity contribution in [1.29, 1.82) is 5.26 Å². The van der Waals surface area contributed by atoms with Crippen LogP contribution in [0, 0.1) is 11.3 Å². The molecule has 0 aromatic carbocycles. The predicted octanol–water partition coefficient (Wildman–Crippen LogP) is 0.987. The van der Waals surface area contributed by atoms with Crippen molar-refractivity contribution in [2.75, 3.05) is 0 Å². The smallest absolute Gasteiger partial charge is 0.135 e. The Kier molecular flexibility index (Phi) is 2.46. The average Bonchev–Trinajstić information content (AvgIpc) is 2.51. The fourth-order valence-electron chi connectivity index (χ4n) is 0.859. The molecule has 0 aliphatic heterocycles. The van der Waals surface area contributed by atoms with Crippen LogP contribution in [0.2, 0.25) is 0 Å². The van der Waals surface area contributed by atoms with Gasteiger partial charge in [-0.2, -0.15) is 10.4 Å². The van der Waals surface area contributed by atoms with Crippen LogP contribution in [0.15, 0.2) is 12.4 Å². The molecule has 1 aromatic rings. The summed E-state index contributed by atoms with van der Waals surface area (Å²) >= 11 is 0. The van der Waals surface area contributed by atoms with E-state index in [0.717, 1.165) is 5.56 Å². The van der Waals surface area contributed by atoms with Gasteiger partial charge in [0, 0.05) is 17.8 Å². The number of nitriles is 1. The highest BCUT2D eigenvalue weighted by molar-refractivity contribution is 5.09. The number of hydrogen-bond donors (Lipinski definition) is 1. The molecule has 12 heavy (non-hydrogen) atoms. The van der Waals surface area contributed by atoms with Gasteiger partial charge in [0.25, 0.3) is 0 Å². The van der Waals surface area contributed by atoms with E-state index in [1.54, 1.807) is 24.0 Å². The summed E-state index contributed by atoms with van der Waals surface area (Å²) in [6.45, 7) is 3.68. The Hall–Kier alpha value is -1.34. The highest BCUT2D eigenvalue weighted by Gasteiger charge is 2.06. The molecule has 4 heteroatoms. The molecule has 0 spiro atoms. The molecule has 1 heterocycles. The second-order valence-electron chi connectivity index (χ2n) is 2.85. The zero-order chi connectivity index (χ0) is 9.14. The van der Waals surface area contributed by atoms with Gasteiger partial charge in [-0.1, -0.05) is 0 Å². The van der Waals surface area contributed by atoms with Crippen molar-refractivity contribution in [3.8, 4) is 6.07 Å². The highest BCUT2D eigenvalue weighted by atomic mass is 15.3. The zero-order valence-electron chi connectivity index (χ0n) is 7.23. The first-order chi connectivity index (χ1) is 5.65. The molecule has 0 amide bonds. The fraction of sp³-hybridized carbons (Fsp3) is 0.500. The lowest BCUT2D eigenvalue weighted by molar-refractivity contribution is 0.590. The van der Waals surface area contributed by atoms with Gasteiger partial charge in [0.05, 0.1) is 12.3 Å². The summed E-state index contributed by atoms with van der Waals surface area (Å²) in [5.74, 6) is 0. The molecule has 0 bridgehead atoms. The molecule has 4 nitrogen and oxygen atoms in total. The predicted molar refractivity (Wildman–Crippen MR) is 45.2 cm³/mol. The van der Waals surface area contributed by atoms with E-state index in [1.165, 1.54) is 0 Å². The molecule has 2 atom stereocenters. The van der Waals surface area contributed by atoms with Gasteiger partial charge in [0.15, 0.2) is 0 Å². The lowest BCUT2D eigenvalue weighted by Crippen LogP contribution is -2.05. The first-order valence-corrected chi connectivity index (χ1v) is 3.84. The maximum atomic E-state index is 8.59. The monoisotopic (exact) mass is 164 g/mol. The summed E-state index contributed by atoms with van der Waals surface area (Å²) in [6, 6.07) is 1.85. The minimum atomic E-state index is -0.225.